The van der Waals surface area contributed by atoms with E-state index in [9.17, 15) is 14.5 Å². The quantitative estimate of drug-likeness (QED) is 0.640. The molecule has 3 rings (SSSR count). The Hall–Kier alpha value is -2.44. The molecule has 22 heavy (non-hydrogen) atoms. The van der Waals surface area contributed by atoms with Crippen LogP contribution in [0.1, 0.15) is 31.7 Å². The number of rotatable bonds is 4. The normalized spacial score (nSPS) is 21.5. The van der Waals surface area contributed by atoms with E-state index < -0.39 is 10.7 Å². The molecule has 0 unspecified atom stereocenters. The summed E-state index contributed by atoms with van der Waals surface area (Å²) in [5.41, 5.74) is -0.278. The summed E-state index contributed by atoms with van der Waals surface area (Å²) < 4.78 is 21.8. The van der Waals surface area contributed by atoms with E-state index in [1.54, 1.807) is 12.5 Å². The number of aromatic nitrogens is 2. The van der Waals surface area contributed by atoms with Crippen molar-refractivity contribution in [2.24, 2.45) is 0 Å². The van der Waals surface area contributed by atoms with E-state index in [1.807, 2.05) is 10.8 Å². The summed E-state index contributed by atoms with van der Waals surface area (Å²) in [6.07, 6.45) is 9.01. The van der Waals surface area contributed by atoms with Crippen molar-refractivity contribution in [3.8, 4) is 5.75 Å². The van der Waals surface area contributed by atoms with Gasteiger partial charge in [0.1, 0.15) is 6.10 Å². The SMILES string of the molecule is O=[N+]([O-])c1ccc(O[C@H]2CCCC[C@@H]2n2ccnc2)c(F)c1. The van der Waals surface area contributed by atoms with E-state index in [-0.39, 0.29) is 23.6 Å². The lowest BCUT2D eigenvalue weighted by atomic mass is 9.92. The van der Waals surface area contributed by atoms with Gasteiger partial charge < -0.3 is 9.30 Å². The van der Waals surface area contributed by atoms with E-state index in [0.29, 0.717) is 0 Å². The van der Waals surface area contributed by atoms with Crippen LogP contribution in [-0.4, -0.2) is 20.6 Å². The van der Waals surface area contributed by atoms with E-state index >= 15 is 0 Å². The summed E-state index contributed by atoms with van der Waals surface area (Å²) in [6, 6.07) is 3.58. The van der Waals surface area contributed by atoms with Gasteiger partial charge in [-0.3, -0.25) is 10.1 Å². The Morgan fingerprint density at radius 2 is 2.18 bits per heavy atom. The molecule has 116 valence electrons. The van der Waals surface area contributed by atoms with Crippen LogP contribution < -0.4 is 4.74 Å². The molecular formula is C15H16FN3O3. The summed E-state index contributed by atoms with van der Waals surface area (Å²) in [4.78, 5) is 14.1. The number of nitrogens with zero attached hydrogens (tertiary/aromatic N) is 3. The van der Waals surface area contributed by atoms with Crippen molar-refractivity contribution in [1.82, 2.24) is 9.55 Å². The second-order valence-corrected chi connectivity index (χ2v) is 5.39. The number of nitro groups is 1. The van der Waals surface area contributed by atoms with Gasteiger partial charge in [-0.05, 0) is 25.3 Å². The molecule has 1 aromatic heterocycles. The zero-order valence-electron chi connectivity index (χ0n) is 11.9. The summed E-state index contributed by atoms with van der Waals surface area (Å²) in [5, 5.41) is 10.6. The average molecular weight is 305 g/mol. The van der Waals surface area contributed by atoms with Crippen LogP contribution in [0.4, 0.5) is 10.1 Å². The molecule has 0 bridgehead atoms. The minimum atomic E-state index is -0.704. The fraction of sp³-hybridized carbons (Fsp3) is 0.400. The Bertz CT molecular complexity index is 660. The van der Waals surface area contributed by atoms with Gasteiger partial charge in [0.15, 0.2) is 11.6 Å². The van der Waals surface area contributed by atoms with Crippen molar-refractivity contribution in [3.63, 3.8) is 0 Å². The van der Waals surface area contributed by atoms with Gasteiger partial charge in [0.25, 0.3) is 5.69 Å². The molecule has 7 heteroatoms. The van der Waals surface area contributed by atoms with Gasteiger partial charge in [0, 0.05) is 18.5 Å². The summed E-state index contributed by atoms with van der Waals surface area (Å²) in [6.45, 7) is 0. The van der Waals surface area contributed by atoms with E-state index in [0.717, 1.165) is 31.7 Å². The smallest absolute Gasteiger partial charge is 0.272 e. The lowest BCUT2D eigenvalue weighted by Gasteiger charge is -2.32. The van der Waals surface area contributed by atoms with Crippen LogP contribution in [0.25, 0.3) is 0 Å². The second kappa shape index (κ2) is 6.13. The molecule has 1 aromatic carbocycles. The standard InChI is InChI=1S/C15H16FN3O3/c16-12-9-11(19(20)21)5-6-14(12)22-15-4-2-1-3-13(15)18-8-7-17-10-18/h5-10,13,15H,1-4H2/t13-,15-/m0/s1. The Morgan fingerprint density at radius 3 is 2.86 bits per heavy atom. The third-order valence-electron chi connectivity index (χ3n) is 3.98. The molecule has 2 atom stereocenters. The predicted molar refractivity (Wildman–Crippen MR) is 77.2 cm³/mol. The maximum Gasteiger partial charge on any atom is 0.272 e. The number of hydrogen-bond donors (Lipinski definition) is 0. The Morgan fingerprint density at radius 1 is 1.36 bits per heavy atom. The zero-order valence-corrected chi connectivity index (χ0v) is 11.9. The van der Waals surface area contributed by atoms with Gasteiger partial charge in [-0.1, -0.05) is 6.42 Å². The second-order valence-electron chi connectivity index (χ2n) is 5.39. The molecule has 1 aliphatic rings. The first-order chi connectivity index (χ1) is 10.6. The third-order valence-corrected chi connectivity index (χ3v) is 3.98. The van der Waals surface area contributed by atoms with Gasteiger partial charge in [-0.15, -0.1) is 0 Å². The molecule has 0 saturated heterocycles. The molecule has 1 heterocycles. The largest absolute Gasteiger partial charge is 0.485 e. The van der Waals surface area contributed by atoms with Crippen LogP contribution in [0.15, 0.2) is 36.9 Å². The Kier molecular flexibility index (Phi) is 4.04. The van der Waals surface area contributed by atoms with Gasteiger partial charge in [0.05, 0.1) is 23.4 Å². The minimum Gasteiger partial charge on any atom is -0.485 e. The highest BCUT2D eigenvalue weighted by atomic mass is 19.1. The van der Waals surface area contributed by atoms with Gasteiger partial charge in [-0.2, -0.15) is 0 Å². The molecule has 6 nitrogen and oxygen atoms in total. The maximum atomic E-state index is 14.0. The number of halogens is 1. The van der Waals surface area contributed by atoms with Gasteiger partial charge in [0.2, 0.25) is 0 Å². The Labute approximate surface area is 126 Å². The summed E-state index contributed by atoms with van der Waals surface area (Å²) in [5.74, 6) is -0.647. The lowest BCUT2D eigenvalue weighted by molar-refractivity contribution is -0.385. The van der Waals surface area contributed by atoms with Crippen LogP contribution in [0.2, 0.25) is 0 Å². The third kappa shape index (κ3) is 2.93. The molecule has 0 N–H and O–H groups in total. The lowest BCUT2D eigenvalue weighted by Crippen LogP contribution is -2.32. The van der Waals surface area contributed by atoms with Crippen LogP contribution in [0.5, 0.6) is 5.75 Å². The van der Waals surface area contributed by atoms with E-state index in [4.69, 9.17) is 4.74 Å². The molecule has 1 saturated carbocycles. The average Bonchev–Trinajstić information content (AvgIpc) is 3.04. The molecule has 0 radical (unpaired) electrons. The van der Waals surface area contributed by atoms with E-state index in [2.05, 4.69) is 4.98 Å². The summed E-state index contributed by atoms with van der Waals surface area (Å²) >= 11 is 0. The number of non-ortho nitro benzene ring substituents is 1. The molecular weight excluding hydrogens is 289 g/mol. The first-order valence-corrected chi connectivity index (χ1v) is 7.23. The number of imidazole rings is 1. The maximum absolute atomic E-state index is 14.0. The zero-order chi connectivity index (χ0) is 15.5. The first-order valence-electron chi connectivity index (χ1n) is 7.23. The molecule has 0 spiro atoms. The van der Waals surface area contributed by atoms with Crippen LogP contribution in [0.3, 0.4) is 0 Å². The van der Waals surface area contributed by atoms with Crippen molar-refractivity contribution in [2.75, 3.05) is 0 Å². The number of ether oxygens (including phenoxy) is 1. The highest BCUT2D eigenvalue weighted by molar-refractivity contribution is 5.37. The number of nitro benzene ring substituents is 1. The monoisotopic (exact) mass is 305 g/mol. The highest BCUT2D eigenvalue weighted by Crippen LogP contribution is 2.33. The van der Waals surface area contributed by atoms with Crippen LogP contribution in [0, 0.1) is 15.9 Å². The van der Waals surface area contributed by atoms with Crippen molar-refractivity contribution < 1.29 is 14.1 Å². The first kappa shape index (κ1) is 14.5. The van der Waals surface area contributed by atoms with Crippen LogP contribution in [-0.2, 0) is 0 Å². The minimum absolute atomic E-state index is 0.0580. The van der Waals surface area contributed by atoms with Crippen molar-refractivity contribution in [3.05, 3.63) is 52.9 Å². The van der Waals surface area contributed by atoms with Crippen molar-refractivity contribution >= 4 is 5.69 Å². The van der Waals surface area contributed by atoms with Crippen LogP contribution >= 0.6 is 0 Å². The molecule has 1 aliphatic carbocycles. The van der Waals surface area contributed by atoms with Gasteiger partial charge >= 0.3 is 0 Å². The number of benzene rings is 1. The fourth-order valence-electron chi connectivity index (χ4n) is 2.88. The molecule has 1 fully saturated rings. The predicted octanol–water partition coefficient (Wildman–Crippen LogP) is 3.49. The molecule has 0 aliphatic heterocycles. The Balaban J connectivity index is 1.80. The van der Waals surface area contributed by atoms with Gasteiger partial charge in [-0.25, -0.2) is 9.37 Å². The van der Waals surface area contributed by atoms with Crippen molar-refractivity contribution in [2.45, 2.75) is 37.8 Å². The number of hydrogen-bond acceptors (Lipinski definition) is 4. The van der Waals surface area contributed by atoms with Crippen molar-refractivity contribution in [1.29, 1.82) is 0 Å². The molecule has 2 aromatic rings. The molecule has 0 amide bonds. The summed E-state index contributed by atoms with van der Waals surface area (Å²) in [7, 11) is 0. The topological polar surface area (TPSA) is 70.2 Å². The van der Waals surface area contributed by atoms with E-state index in [1.165, 1.54) is 12.1 Å². The highest BCUT2D eigenvalue weighted by Gasteiger charge is 2.29. The fourth-order valence-corrected chi connectivity index (χ4v) is 2.88.